The van der Waals surface area contributed by atoms with Crippen molar-refractivity contribution in [2.45, 2.75) is 27.7 Å². The molecule has 4 nitrogen and oxygen atoms in total. The van der Waals surface area contributed by atoms with Gasteiger partial charge in [0.25, 0.3) is 0 Å². The topological polar surface area (TPSA) is 70.7 Å². The molecule has 4 heteroatoms. The van der Waals surface area contributed by atoms with Crippen molar-refractivity contribution in [3.05, 3.63) is 68.9 Å². The average Bonchev–Trinajstić information content (AvgIpc) is 2.62. The number of phenols is 2. The largest absolute Gasteiger partial charge is 0.506 e. The molecule has 0 saturated carbocycles. The molecule has 0 spiro atoms. The fourth-order valence-corrected chi connectivity index (χ4v) is 3.00. The van der Waals surface area contributed by atoms with Crippen molar-refractivity contribution in [1.82, 2.24) is 0 Å². The molecule has 0 aliphatic rings. The minimum absolute atomic E-state index is 0.0625. The summed E-state index contributed by atoms with van der Waals surface area (Å²) in [5, 5.41) is 21.6. The highest BCUT2D eigenvalue weighted by Crippen LogP contribution is 2.41. The van der Waals surface area contributed by atoms with E-state index in [4.69, 9.17) is 4.42 Å². The van der Waals surface area contributed by atoms with Gasteiger partial charge < -0.3 is 14.6 Å². The first-order valence-corrected chi connectivity index (χ1v) is 8.70. The van der Waals surface area contributed by atoms with E-state index in [-0.39, 0.29) is 33.5 Å². The van der Waals surface area contributed by atoms with E-state index < -0.39 is 0 Å². The van der Waals surface area contributed by atoms with Crippen molar-refractivity contribution in [3.8, 4) is 22.8 Å². The molecule has 3 rings (SSSR count). The molecule has 27 heavy (non-hydrogen) atoms. The van der Waals surface area contributed by atoms with Gasteiger partial charge in [-0.15, -0.1) is 0 Å². The lowest BCUT2D eigenvalue weighted by Crippen LogP contribution is -2.03. The second kappa shape index (κ2) is 7.16. The van der Waals surface area contributed by atoms with E-state index >= 15 is 0 Å². The monoisotopic (exact) mass is 362 g/mol. The van der Waals surface area contributed by atoms with Crippen LogP contribution < -0.4 is 5.43 Å². The second-order valence-electron chi connectivity index (χ2n) is 7.01. The fraction of sp³-hybridized carbons (Fsp3) is 0.174. The zero-order chi connectivity index (χ0) is 19.7. The number of aromatic hydroxyl groups is 2. The summed E-state index contributed by atoms with van der Waals surface area (Å²) in [7, 11) is 0. The van der Waals surface area contributed by atoms with Crippen LogP contribution >= 0.6 is 0 Å². The van der Waals surface area contributed by atoms with Crippen LogP contribution in [-0.4, -0.2) is 10.2 Å². The summed E-state index contributed by atoms with van der Waals surface area (Å²) in [6.45, 7) is 7.48. The Hall–Kier alpha value is -3.27. The first-order valence-electron chi connectivity index (χ1n) is 8.70. The van der Waals surface area contributed by atoms with E-state index in [9.17, 15) is 15.0 Å². The lowest BCUT2D eigenvalue weighted by molar-refractivity contribution is 0.449. The van der Waals surface area contributed by atoms with Gasteiger partial charge in [-0.3, -0.25) is 4.79 Å². The summed E-state index contributed by atoms with van der Waals surface area (Å²) < 4.78 is 6.00. The van der Waals surface area contributed by atoms with Gasteiger partial charge in [0.15, 0.2) is 11.0 Å². The van der Waals surface area contributed by atoms with E-state index in [2.05, 4.69) is 0 Å². The van der Waals surface area contributed by atoms with Crippen molar-refractivity contribution >= 4 is 23.1 Å². The van der Waals surface area contributed by atoms with Crippen molar-refractivity contribution in [2.24, 2.45) is 0 Å². The zero-order valence-corrected chi connectivity index (χ0v) is 15.8. The van der Waals surface area contributed by atoms with Crippen molar-refractivity contribution in [2.75, 3.05) is 0 Å². The quantitative estimate of drug-likeness (QED) is 0.625. The van der Waals surface area contributed by atoms with Crippen molar-refractivity contribution < 1.29 is 14.6 Å². The molecule has 0 saturated heterocycles. The van der Waals surface area contributed by atoms with E-state index in [1.807, 2.05) is 58.0 Å². The normalized spacial score (nSPS) is 10.7. The molecule has 1 heterocycles. The number of fused-ring (bicyclic) bond motifs is 1. The summed E-state index contributed by atoms with van der Waals surface area (Å²) in [6.07, 6.45) is 3.40. The van der Waals surface area contributed by atoms with Crippen LogP contribution in [0.2, 0.25) is 0 Å². The van der Waals surface area contributed by atoms with Gasteiger partial charge in [0.1, 0.15) is 22.6 Å². The third kappa shape index (κ3) is 3.51. The second-order valence-corrected chi connectivity index (χ2v) is 7.01. The molecule has 0 radical (unpaired) electrons. The molecule has 3 aromatic rings. The van der Waals surface area contributed by atoms with Crippen LogP contribution in [0.15, 0.2) is 56.8 Å². The van der Waals surface area contributed by atoms with E-state index in [0.717, 1.165) is 16.7 Å². The minimum Gasteiger partial charge on any atom is -0.506 e. The Balaban J connectivity index is 2.49. The summed E-state index contributed by atoms with van der Waals surface area (Å²) in [6, 6.07) is 10.6. The average molecular weight is 362 g/mol. The molecule has 0 fully saturated rings. The SMILES string of the molecule is CC(C)=Cc1c(O)c(C=C(C)C)c2oc(-c3ccccc3)cc(=O)c2c1O. The van der Waals surface area contributed by atoms with Gasteiger partial charge in [-0.25, -0.2) is 0 Å². The van der Waals surface area contributed by atoms with Crippen LogP contribution in [0.25, 0.3) is 34.4 Å². The Bertz CT molecular complexity index is 1120. The minimum atomic E-state index is -0.362. The lowest BCUT2D eigenvalue weighted by Gasteiger charge is -2.13. The third-order valence-electron chi connectivity index (χ3n) is 4.12. The molecule has 0 amide bonds. The summed E-state index contributed by atoms with van der Waals surface area (Å²) in [5.74, 6) is -0.0102. The fourth-order valence-electron chi connectivity index (χ4n) is 3.00. The van der Waals surface area contributed by atoms with Crippen molar-refractivity contribution in [3.63, 3.8) is 0 Å². The molecule has 138 valence electrons. The number of allylic oxidation sites excluding steroid dienone is 2. The highest BCUT2D eigenvalue weighted by Gasteiger charge is 2.21. The van der Waals surface area contributed by atoms with Crippen LogP contribution in [0.3, 0.4) is 0 Å². The molecule has 1 aromatic heterocycles. The van der Waals surface area contributed by atoms with Gasteiger partial charge >= 0.3 is 0 Å². The Morgan fingerprint density at radius 1 is 0.889 bits per heavy atom. The summed E-state index contributed by atoms with van der Waals surface area (Å²) in [5.41, 5.74) is 2.96. The standard InChI is InChI=1S/C23H22O4/c1-13(2)10-16-21(25)17(11-14(3)4)23-20(22(16)26)18(24)12-19(27-23)15-8-6-5-7-9-15/h5-12,25-26H,1-4H3. The van der Waals surface area contributed by atoms with Gasteiger partial charge in [-0.05, 0) is 39.8 Å². The van der Waals surface area contributed by atoms with Gasteiger partial charge in [-0.2, -0.15) is 0 Å². The Morgan fingerprint density at radius 2 is 1.48 bits per heavy atom. The zero-order valence-electron chi connectivity index (χ0n) is 15.8. The lowest BCUT2D eigenvalue weighted by atomic mass is 9.99. The number of rotatable bonds is 3. The molecule has 0 aliphatic carbocycles. The van der Waals surface area contributed by atoms with Crippen molar-refractivity contribution in [1.29, 1.82) is 0 Å². The summed E-state index contributed by atoms with van der Waals surface area (Å²) >= 11 is 0. The molecule has 0 unspecified atom stereocenters. The molecule has 0 bridgehead atoms. The van der Waals surface area contributed by atoms with Crippen LogP contribution in [0.5, 0.6) is 11.5 Å². The number of benzene rings is 2. The van der Waals surface area contributed by atoms with E-state index in [1.165, 1.54) is 6.07 Å². The van der Waals surface area contributed by atoms with E-state index in [0.29, 0.717) is 11.3 Å². The van der Waals surface area contributed by atoms with Crippen LogP contribution in [0.4, 0.5) is 0 Å². The highest BCUT2D eigenvalue weighted by molar-refractivity contribution is 5.98. The Kier molecular flexibility index (Phi) is 4.91. The molecule has 0 atom stereocenters. The maximum absolute atomic E-state index is 12.8. The Morgan fingerprint density at radius 3 is 2.07 bits per heavy atom. The number of hydrogen-bond acceptors (Lipinski definition) is 4. The molecule has 2 aromatic carbocycles. The van der Waals surface area contributed by atoms with Crippen LogP contribution in [0.1, 0.15) is 38.8 Å². The predicted molar refractivity (Wildman–Crippen MR) is 110 cm³/mol. The third-order valence-corrected chi connectivity index (χ3v) is 4.12. The molecular weight excluding hydrogens is 340 g/mol. The van der Waals surface area contributed by atoms with Gasteiger partial charge in [-0.1, -0.05) is 41.5 Å². The first-order chi connectivity index (χ1) is 12.8. The van der Waals surface area contributed by atoms with Crippen LogP contribution in [0, 0.1) is 0 Å². The maximum atomic E-state index is 12.8. The number of phenolic OH excluding ortho intramolecular Hbond substituents is 2. The first kappa shape index (κ1) is 18.5. The number of hydrogen-bond donors (Lipinski definition) is 2. The van der Waals surface area contributed by atoms with Gasteiger partial charge in [0, 0.05) is 11.6 Å². The highest BCUT2D eigenvalue weighted by atomic mass is 16.3. The predicted octanol–water partition coefficient (Wildman–Crippen LogP) is 5.72. The maximum Gasteiger partial charge on any atom is 0.197 e. The molecular formula is C23H22O4. The molecule has 0 aliphatic heterocycles. The van der Waals surface area contributed by atoms with Gasteiger partial charge in [0.2, 0.25) is 0 Å². The Labute approximate surface area is 157 Å². The summed E-state index contributed by atoms with van der Waals surface area (Å²) in [4.78, 5) is 12.8. The smallest absolute Gasteiger partial charge is 0.197 e. The van der Waals surface area contributed by atoms with Gasteiger partial charge in [0.05, 0.1) is 11.1 Å². The molecule has 2 N–H and O–H groups in total. The van der Waals surface area contributed by atoms with Crippen LogP contribution in [-0.2, 0) is 0 Å². The van der Waals surface area contributed by atoms with E-state index in [1.54, 1.807) is 12.2 Å².